The number of fused-ring (bicyclic) bond motifs is 8. The average Bonchev–Trinajstić information content (AvgIpc) is 1.44. The molecule has 0 spiro atoms. The highest BCUT2D eigenvalue weighted by atomic mass is 127. The van der Waals surface area contributed by atoms with E-state index in [0.29, 0.717) is 150 Å². The molecule has 7 aromatic carbocycles. The molecule has 22 rings (SSSR count). The van der Waals surface area contributed by atoms with Crippen LogP contribution in [-0.2, 0) is 26.2 Å². The van der Waals surface area contributed by atoms with Crippen molar-refractivity contribution in [2.24, 2.45) is 0 Å². The molecule has 0 saturated carbocycles. The van der Waals surface area contributed by atoms with Crippen molar-refractivity contribution in [3.63, 3.8) is 0 Å². The number of aliphatic hydroxyl groups is 1. The molecular formula is C101H79FIN27O8. The van der Waals surface area contributed by atoms with Crippen LogP contribution in [0.5, 0.6) is 17.2 Å². The number of anilines is 4. The summed E-state index contributed by atoms with van der Waals surface area (Å²) in [4.78, 5) is 102. The van der Waals surface area contributed by atoms with Gasteiger partial charge in [-0.05, 0) is 204 Å². The first kappa shape index (κ1) is 89.1. The van der Waals surface area contributed by atoms with E-state index in [1.165, 1.54) is 48.1 Å². The van der Waals surface area contributed by atoms with Crippen LogP contribution in [0.25, 0.3) is 133 Å². The molecule has 37 heteroatoms. The molecule has 0 radical (unpaired) electrons. The monoisotopic (exact) mass is 1940 g/mol. The number of nitrogen functional groups attached to an aromatic ring is 4. The standard InChI is InChI=1S/C27H20FN7O2.C27H21N7O2.C26H22N6O3.C21H16IN7O/c1-15-5-4-8-30-25(15)35-19(10-16-6-2-3-7-21(16)27(35)37)13-34-26-22(24(29)31-14-32-26)23(33-34)17-9-18(28)12-20(36)11-17;1-16-6-5-11-29-25(16)34-19(12-17-7-2-3-10-21(17)27(34)36)14-33-26-22(24(28)30-15-31-26)23(32-33)18-8-4-9-20(35)13-18;1-15-6-5-7-17-12-18(32(26(35)22(15)17)20-8-3-4-9-21(20)34)13-31-25-23(24(27)28-14-29-25)19(30-31)11-10-16(2)33;1-12-5-4-8-24-19(12)29-14(9-13-6-2-3-7-15(13)21(29)30)10-28-20-16(17(22)27-28)18(23)25-11-26-20/h2-12,14,36H,13H2,1H3,(H2,29,31,32);2-13,15,35H,14H2,1H3,(H2,28,30,31);3-9,12,14,16,33-34H,13H2,1-2H3,(H2,27,28,29);2-9,11H,10H2,1H3,(H2,23,25,26)/t;;16-;/m..1./s1. The largest absolute Gasteiger partial charge is 0.508 e. The maximum absolute atomic E-state index is 14.1. The van der Waals surface area contributed by atoms with Crippen LogP contribution in [0.3, 0.4) is 0 Å². The second-order valence-corrected chi connectivity index (χ2v) is 33.3. The normalized spacial score (nSPS) is 11.5. The Hall–Kier alpha value is -18.2. The predicted molar refractivity (Wildman–Crippen MR) is 533 cm³/mol. The van der Waals surface area contributed by atoms with Crippen LogP contribution in [0.2, 0.25) is 0 Å². The van der Waals surface area contributed by atoms with Gasteiger partial charge in [-0.1, -0.05) is 121 Å². The SMILES string of the molecule is Cc1cccc2cc(Cn3nc(C#C[C@@H](C)O)c4c(N)ncnc43)n(-c3ccccc3O)c(=O)c12.Cc1cccnc1-n1c(Cn2nc(-c3cc(O)cc(F)c3)c3c(N)ncnc32)cc2ccccc2c1=O.Cc1cccnc1-n1c(Cn2nc(-c3cccc(O)c3)c3c(N)ncnc32)cc2ccccc2c1=O.Cc1cccnc1-n1c(Cn2nc(I)c3c(N)ncnc32)cc2ccccc2c1=O. The van der Waals surface area contributed by atoms with Crippen molar-refractivity contribution in [2.75, 3.05) is 22.9 Å². The van der Waals surface area contributed by atoms with E-state index in [1.54, 1.807) is 100 Å². The fourth-order valence-electron chi connectivity index (χ4n) is 16.9. The Morgan fingerprint density at radius 2 is 0.761 bits per heavy atom. The third-order valence-corrected chi connectivity index (χ3v) is 23.9. The summed E-state index contributed by atoms with van der Waals surface area (Å²) < 4.78 is 27.8. The molecule has 680 valence electrons. The lowest BCUT2D eigenvalue weighted by Crippen LogP contribution is -2.25. The number of halogens is 2. The lowest BCUT2D eigenvalue weighted by Gasteiger charge is -2.17. The Morgan fingerprint density at radius 1 is 0.370 bits per heavy atom. The van der Waals surface area contributed by atoms with E-state index in [1.807, 2.05) is 179 Å². The van der Waals surface area contributed by atoms with E-state index >= 15 is 0 Å². The lowest BCUT2D eigenvalue weighted by atomic mass is 10.1. The molecule has 138 heavy (non-hydrogen) atoms. The zero-order chi connectivity index (χ0) is 96.0. The zero-order valence-corrected chi connectivity index (χ0v) is 76.2. The summed E-state index contributed by atoms with van der Waals surface area (Å²) in [7, 11) is 0. The van der Waals surface area contributed by atoms with Crippen LogP contribution in [0.1, 0.15) is 57.6 Å². The lowest BCUT2D eigenvalue weighted by molar-refractivity contribution is 0.253. The van der Waals surface area contributed by atoms with Crippen molar-refractivity contribution < 1.29 is 24.8 Å². The van der Waals surface area contributed by atoms with E-state index in [9.17, 15) is 44.0 Å². The number of aromatic hydroxyl groups is 3. The molecule has 0 amide bonds. The number of nitrogens with zero attached hydrogens (tertiary/aromatic N) is 23. The summed E-state index contributed by atoms with van der Waals surface area (Å²) in [5.41, 5.74) is 34.4. The van der Waals surface area contributed by atoms with E-state index in [2.05, 4.69) is 105 Å². The van der Waals surface area contributed by atoms with Crippen molar-refractivity contribution in [3.8, 4) is 74.7 Å². The van der Waals surface area contributed by atoms with Gasteiger partial charge in [0.25, 0.3) is 22.2 Å². The van der Waals surface area contributed by atoms with Gasteiger partial charge in [0.05, 0.1) is 75.9 Å². The number of phenols is 3. The van der Waals surface area contributed by atoms with Gasteiger partial charge in [-0.2, -0.15) is 20.4 Å². The fourth-order valence-corrected chi connectivity index (χ4v) is 17.7. The number of phenolic OH excluding ortho intramolecular Hbond substituents is 3. The van der Waals surface area contributed by atoms with Gasteiger partial charge in [0.1, 0.15) is 116 Å². The molecule has 12 N–H and O–H groups in total. The van der Waals surface area contributed by atoms with Gasteiger partial charge in [-0.15, -0.1) is 0 Å². The highest BCUT2D eigenvalue weighted by Crippen LogP contribution is 2.37. The van der Waals surface area contributed by atoms with Gasteiger partial charge in [0.15, 0.2) is 22.6 Å². The van der Waals surface area contributed by atoms with E-state index in [4.69, 9.17) is 28.0 Å². The van der Waals surface area contributed by atoms with Crippen molar-refractivity contribution in [3.05, 3.63) is 364 Å². The maximum Gasteiger partial charge on any atom is 0.264 e. The van der Waals surface area contributed by atoms with Crippen molar-refractivity contribution in [2.45, 2.75) is 66.9 Å². The van der Waals surface area contributed by atoms with Crippen LogP contribution in [0.15, 0.2) is 281 Å². The van der Waals surface area contributed by atoms with Gasteiger partial charge < -0.3 is 43.4 Å². The summed E-state index contributed by atoms with van der Waals surface area (Å²) in [6.07, 6.45) is 9.61. The molecule has 22 aromatic rings. The third-order valence-electron chi connectivity index (χ3n) is 23.2. The van der Waals surface area contributed by atoms with Gasteiger partial charge in [-0.25, -0.2) is 77.9 Å². The Bertz CT molecular complexity index is 8990. The second-order valence-electron chi connectivity index (χ2n) is 32.3. The molecule has 0 aliphatic heterocycles. The fraction of sp³-hybridized carbons (Fsp3) is 0.0990. The minimum atomic E-state index is -0.851. The predicted octanol–water partition coefficient (Wildman–Crippen LogP) is 13.4. The van der Waals surface area contributed by atoms with Crippen LogP contribution >= 0.6 is 22.6 Å². The summed E-state index contributed by atoms with van der Waals surface area (Å²) in [6, 6.07) is 64.1. The van der Waals surface area contributed by atoms with Crippen molar-refractivity contribution in [1.82, 2.24) is 112 Å². The number of aryl methyl sites for hydroxylation is 4. The quantitative estimate of drug-likeness (QED) is 0.0370. The minimum Gasteiger partial charge on any atom is -0.508 e. The second kappa shape index (κ2) is 37.1. The Morgan fingerprint density at radius 3 is 1.23 bits per heavy atom. The van der Waals surface area contributed by atoms with Gasteiger partial charge in [-0.3, -0.25) is 37.4 Å². The van der Waals surface area contributed by atoms with Crippen LogP contribution in [-0.4, -0.2) is 139 Å². The molecular weight excluding hydrogens is 1870 g/mol. The van der Waals surface area contributed by atoms with Crippen LogP contribution in [0, 0.1) is 49.1 Å². The summed E-state index contributed by atoms with van der Waals surface area (Å²) in [5, 5.41) is 66.6. The number of aliphatic hydroxyl groups excluding tert-OH is 1. The highest BCUT2D eigenvalue weighted by molar-refractivity contribution is 14.1. The highest BCUT2D eigenvalue weighted by Gasteiger charge is 2.27. The summed E-state index contributed by atoms with van der Waals surface area (Å²) in [5.74, 6) is 7.42. The third kappa shape index (κ3) is 17.0. The van der Waals surface area contributed by atoms with Gasteiger partial charge >= 0.3 is 0 Å². The molecule has 0 bridgehead atoms. The number of nitrogens with two attached hydrogens (primary N) is 4. The van der Waals surface area contributed by atoms with E-state index in [0.717, 1.165) is 55.6 Å². The Kier molecular flexibility index (Phi) is 23.9. The van der Waals surface area contributed by atoms with Crippen LogP contribution < -0.4 is 45.2 Å². The molecule has 1 atom stereocenters. The molecule has 15 aromatic heterocycles. The molecule has 0 aliphatic carbocycles. The van der Waals surface area contributed by atoms with Gasteiger partial charge in [0, 0.05) is 57.6 Å². The number of hydrogen-bond acceptors (Lipinski definition) is 27. The molecule has 0 fully saturated rings. The number of para-hydroxylation sites is 2. The van der Waals surface area contributed by atoms with E-state index in [-0.39, 0.29) is 76.6 Å². The first-order chi connectivity index (χ1) is 66.8. The number of benzene rings is 7. The average molecular weight is 1940 g/mol. The van der Waals surface area contributed by atoms with Crippen LogP contribution in [0.4, 0.5) is 27.7 Å². The van der Waals surface area contributed by atoms with Crippen molar-refractivity contribution in [1.29, 1.82) is 0 Å². The topological polar surface area (TPSA) is 486 Å². The minimum absolute atomic E-state index is 0.0239. The molecule has 35 nitrogen and oxygen atoms in total. The zero-order valence-electron chi connectivity index (χ0n) is 74.0. The summed E-state index contributed by atoms with van der Waals surface area (Å²) in [6.45, 7) is 9.99. The first-order valence-corrected chi connectivity index (χ1v) is 44.0. The smallest absolute Gasteiger partial charge is 0.264 e. The molecule has 0 unspecified atom stereocenters. The van der Waals surface area contributed by atoms with Gasteiger partial charge in [0.2, 0.25) is 0 Å². The number of pyridine rings is 7. The van der Waals surface area contributed by atoms with E-state index < -0.39 is 11.9 Å². The Labute approximate surface area is 793 Å². The summed E-state index contributed by atoms with van der Waals surface area (Å²) >= 11 is 2.12. The number of aromatic nitrogens is 23. The first-order valence-electron chi connectivity index (χ1n) is 42.9. The molecule has 0 saturated heterocycles. The Balaban J connectivity index is 0.000000118. The molecule has 15 heterocycles. The number of rotatable bonds is 14. The molecule has 0 aliphatic rings. The number of hydrogen-bond donors (Lipinski definition) is 8. The maximum atomic E-state index is 14.1. The van der Waals surface area contributed by atoms with Crippen molar-refractivity contribution >= 4 is 133 Å².